The van der Waals surface area contributed by atoms with E-state index in [0.717, 1.165) is 30.6 Å². The average molecular weight is 399 g/mol. The molecule has 29 heavy (non-hydrogen) atoms. The molecule has 3 nitrogen and oxygen atoms in total. The lowest BCUT2D eigenvalue weighted by atomic mass is 9.37. The van der Waals surface area contributed by atoms with Gasteiger partial charge in [0.25, 0.3) is 0 Å². The molecule has 0 aromatic heterocycles. The number of hydrogen-bond acceptors (Lipinski definition) is 3. The van der Waals surface area contributed by atoms with Gasteiger partial charge in [-0.05, 0) is 98.3 Å². The molecule has 0 unspecified atom stereocenters. The Morgan fingerprint density at radius 3 is 2.48 bits per heavy atom. The first-order valence-electron chi connectivity index (χ1n) is 11.8. The zero-order valence-electron chi connectivity index (χ0n) is 18.6. The monoisotopic (exact) mass is 398 g/mol. The fourth-order valence-corrected chi connectivity index (χ4v) is 8.88. The summed E-state index contributed by atoms with van der Waals surface area (Å²) in [5.74, 6) is 2.89. The molecule has 0 radical (unpaired) electrons. The van der Waals surface area contributed by atoms with Crippen molar-refractivity contribution >= 4 is 0 Å². The highest BCUT2D eigenvalue weighted by molar-refractivity contribution is 5.43. The third-order valence-corrected chi connectivity index (χ3v) is 10.1. The van der Waals surface area contributed by atoms with Crippen molar-refractivity contribution in [2.45, 2.75) is 84.7 Å². The number of aliphatic hydroxyl groups excluding tert-OH is 1. The molecule has 6 atom stereocenters. The van der Waals surface area contributed by atoms with Crippen LogP contribution in [0.25, 0.3) is 0 Å². The minimum atomic E-state index is -0.150. The molecule has 0 amide bonds. The van der Waals surface area contributed by atoms with Gasteiger partial charge in [0.2, 0.25) is 0 Å². The van der Waals surface area contributed by atoms with E-state index < -0.39 is 0 Å². The summed E-state index contributed by atoms with van der Waals surface area (Å²) < 4.78 is 6.66. The van der Waals surface area contributed by atoms with Crippen LogP contribution < -0.4 is 4.74 Å². The summed E-state index contributed by atoms with van der Waals surface area (Å²) in [6.07, 6.45) is 9.36. The number of phenolic OH excluding ortho intramolecular Hbond substituents is 1. The molecule has 1 aromatic carbocycles. The number of hydrogen-bond donors (Lipinski definition) is 2. The number of rotatable bonds is 1. The second kappa shape index (κ2) is 6.15. The van der Waals surface area contributed by atoms with Crippen LogP contribution in [0.15, 0.2) is 18.2 Å². The molecule has 4 aliphatic rings. The summed E-state index contributed by atoms with van der Waals surface area (Å²) in [6, 6.07) is 5.58. The highest BCUT2D eigenvalue weighted by Crippen LogP contribution is 2.70. The largest absolute Gasteiger partial charge is 0.508 e. The van der Waals surface area contributed by atoms with Gasteiger partial charge in [0.15, 0.2) is 0 Å². The minimum absolute atomic E-state index is 0.0647. The number of aromatic hydroxyl groups is 1. The van der Waals surface area contributed by atoms with E-state index in [1.165, 1.54) is 32.1 Å². The van der Waals surface area contributed by atoms with Crippen molar-refractivity contribution in [3.8, 4) is 11.5 Å². The fraction of sp³-hybridized carbons (Fsp3) is 0.769. The molecule has 5 rings (SSSR count). The SMILES string of the molecule is CC1(C)CCC[C@@]2(CO)[C@H]1CC[C@]1(C)[C@@H]2CC[C@]2(C)Oc3ccc(O)cc3C[C@@H]12. The predicted molar refractivity (Wildman–Crippen MR) is 115 cm³/mol. The standard InChI is InChI=1S/C26H38O3/c1-23(2)10-5-11-26(16-27)20(23)8-12-24(3)21(26)9-13-25(4)22(24)15-17-14-18(28)6-7-19(17)29-25/h6-7,14,20-22,27-28H,5,8-13,15-16H2,1-4H3/t20-,21-,22-,24+,25-,26+/m0/s1. The fourth-order valence-electron chi connectivity index (χ4n) is 8.88. The third kappa shape index (κ3) is 2.58. The Morgan fingerprint density at radius 2 is 1.72 bits per heavy atom. The number of aliphatic hydroxyl groups is 1. The van der Waals surface area contributed by atoms with Crippen LogP contribution in [0.3, 0.4) is 0 Å². The molecule has 0 spiro atoms. The van der Waals surface area contributed by atoms with Crippen LogP contribution in [0.1, 0.15) is 78.2 Å². The van der Waals surface area contributed by atoms with Gasteiger partial charge in [0.1, 0.15) is 17.1 Å². The molecular formula is C26H38O3. The quantitative estimate of drug-likeness (QED) is 0.636. The Balaban J connectivity index is 1.57. The summed E-state index contributed by atoms with van der Waals surface area (Å²) in [4.78, 5) is 0. The molecule has 2 N–H and O–H groups in total. The van der Waals surface area contributed by atoms with Crippen LogP contribution in [-0.2, 0) is 6.42 Å². The van der Waals surface area contributed by atoms with Crippen LogP contribution in [0.4, 0.5) is 0 Å². The first kappa shape index (κ1) is 19.7. The Labute approximate surface area is 175 Å². The number of fused-ring (bicyclic) bond motifs is 6. The Morgan fingerprint density at radius 1 is 0.966 bits per heavy atom. The molecule has 3 aliphatic carbocycles. The molecule has 1 heterocycles. The third-order valence-electron chi connectivity index (χ3n) is 10.1. The van der Waals surface area contributed by atoms with Gasteiger partial charge >= 0.3 is 0 Å². The second-order valence-electron chi connectivity index (χ2n) is 11.9. The summed E-state index contributed by atoms with van der Waals surface area (Å²) in [5, 5.41) is 20.9. The van der Waals surface area contributed by atoms with Crippen LogP contribution >= 0.6 is 0 Å². The topological polar surface area (TPSA) is 49.7 Å². The smallest absolute Gasteiger partial charge is 0.123 e. The number of phenols is 1. The van der Waals surface area contributed by atoms with E-state index in [4.69, 9.17) is 4.74 Å². The van der Waals surface area contributed by atoms with Crippen molar-refractivity contribution in [2.75, 3.05) is 6.61 Å². The summed E-state index contributed by atoms with van der Waals surface area (Å²) >= 11 is 0. The summed E-state index contributed by atoms with van der Waals surface area (Å²) in [6.45, 7) is 10.0. The maximum atomic E-state index is 10.9. The Kier molecular flexibility index (Phi) is 4.19. The van der Waals surface area contributed by atoms with Gasteiger partial charge in [-0.3, -0.25) is 0 Å². The lowest BCUT2D eigenvalue weighted by molar-refractivity contribution is -0.223. The van der Waals surface area contributed by atoms with Gasteiger partial charge in [0, 0.05) is 17.9 Å². The van der Waals surface area contributed by atoms with E-state index >= 15 is 0 Å². The van der Waals surface area contributed by atoms with Gasteiger partial charge in [-0.25, -0.2) is 0 Å². The maximum absolute atomic E-state index is 10.9. The Bertz CT molecular complexity index is 816. The maximum Gasteiger partial charge on any atom is 0.123 e. The Hall–Kier alpha value is -1.22. The average Bonchev–Trinajstić information content (AvgIpc) is 2.66. The molecule has 1 aliphatic heterocycles. The second-order valence-corrected chi connectivity index (χ2v) is 11.9. The van der Waals surface area contributed by atoms with E-state index in [1.54, 1.807) is 6.07 Å². The lowest BCUT2D eigenvalue weighted by Crippen LogP contribution is -2.66. The number of ether oxygens (including phenoxy) is 1. The molecule has 3 saturated carbocycles. The highest BCUT2D eigenvalue weighted by atomic mass is 16.5. The van der Waals surface area contributed by atoms with E-state index in [-0.39, 0.29) is 16.4 Å². The zero-order chi connectivity index (χ0) is 20.7. The molecule has 3 heteroatoms. The summed E-state index contributed by atoms with van der Waals surface area (Å²) in [7, 11) is 0. The molecule has 1 aromatic rings. The van der Waals surface area contributed by atoms with Crippen molar-refractivity contribution in [2.24, 2.45) is 34.0 Å². The first-order valence-corrected chi connectivity index (χ1v) is 11.8. The van der Waals surface area contributed by atoms with E-state index in [1.807, 2.05) is 12.1 Å². The van der Waals surface area contributed by atoms with Crippen molar-refractivity contribution in [1.29, 1.82) is 0 Å². The molecule has 3 fully saturated rings. The molecule has 0 saturated heterocycles. The van der Waals surface area contributed by atoms with Crippen molar-refractivity contribution in [3.05, 3.63) is 23.8 Å². The lowest BCUT2D eigenvalue weighted by Gasteiger charge is -2.69. The molecule has 0 bridgehead atoms. The van der Waals surface area contributed by atoms with Crippen molar-refractivity contribution in [3.63, 3.8) is 0 Å². The summed E-state index contributed by atoms with van der Waals surface area (Å²) in [5.41, 5.74) is 1.56. The van der Waals surface area contributed by atoms with Crippen LogP contribution in [0.2, 0.25) is 0 Å². The number of benzene rings is 1. The highest BCUT2D eigenvalue weighted by Gasteiger charge is 2.66. The normalized spacial score (nSPS) is 45.2. The molecule has 160 valence electrons. The van der Waals surface area contributed by atoms with Gasteiger partial charge < -0.3 is 14.9 Å². The van der Waals surface area contributed by atoms with Crippen LogP contribution in [0, 0.1) is 34.0 Å². The van der Waals surface area contributed by atoms with Gasteiger partial charge in [-0.2, -0.15) is 0 Å². The van der Waals surface area contributed by atoms with Crippen molar-refractivity contribution < 1.29 is 14.9 Å². The van der Waals surface area contributed by atoms with Crippen LogP contribution in [0.5, 0.6) is 11.5 Å². The van der Waals surface area contributed by atoms with Gasteiger partial charge in [-0.1, -0.05) is 27.2 Å². The van der Waals surface area contributed by atoms with Crippen LogP contribution in [-0.4, -0.2) is 22.4 Å². The molecular weight excluding hydrogens is 360 g/mol. The van der Waals surface area contributed by atoms with E-state index in [0.29, 0.717) is 35.5 Å². The predicted octanol–water partition coefficient (Wildman–Crippen LogP) is 5.72. The van der Waals surface area contributed by atoms with E-state index in [2.05, 4.69) is 27.7 Å². The van der Waals surface area contributed by atoms with E-state index in [9.17, 15) is 10.2 Å². The zero-order valence-corrected chi connectivity index (χ0v) is 18.6. The van der Waals surface area contributed by atoms with Gasteiger partial charge in [-0.15, -0.1) is 0 Å². The first-order chi connectivity index (χ1) is 13.6. The minimum Gasteiger partial charge on any atom is -0.508 e. The van der Waals surface area contributed by atoms with Gasteiger partial charge in [0.05, 0.1) is 0 Å². The van der Waals surface area contributed by atoms with Crippen molar-refractivity contribution in [1.82, 2.24) is 0 Å².